The van der Waals surface area contributed by atoms with Crippen LogP contribution in [0.3, 0.4) is 0 Å². The number of hydrogen-bond acceptors (Lipinski definition) is 6. The van der Waals surface area contributed by atoms with Crippen molar-refractivity contribution >= 4 is 62.2 Å². The van der Waals surface area contributed by atoms with E-state index in [9.17, 15) is 4.79 Å². The molecule has 1 saturated heterocycles. The van der Waals surface area contributed by atoms with Gasteiger partial charge in [-0.15, -0.1) is 21.5 Å². The number of carbonyl (C=O) groups is 1. The number of rotatable bonds is 7. The predicted molar refractivity (Wildman–Crippen MR) is 126 cm³/mol. The molecule has 30 heavy (non-hydrogen) atoms. The second-order valence-corrected chi connectivity index (χ2v) is 10.3. The van der Waals surface area contributed by atoms with Crippen LogP contribution in [0.15, 0.2) is 39.3 Å². The Hall–Kier alpha value is -1.39. The Kier molecular flexibility index (Phi) is 7.15. The van der Waals surface area contributed by atoms with E-state index in [1.807, 2.05) is 6.07 Å². The number of amides is 1. The monoisotopic (exact) mass is 526 g/mol. The molecule has 1 atom stereocenters. The van der Waals surface area contributed by atoms with Gasteiger partial charge in [0.25, 0.3) is 0 Å². The zero-order chi connectivity index (χ0) is 21.1. The first-order chi connectivity index (χ1) is 14.5. The van der Waals surface area contributed by atoms with Crippen LogP contribution in [0.1, 0.15) is 17.7 Å². The molecule has 6 nitrogen and oxygen atoms in total. The van der Waals surface area contributed by atoms with Crippen LogP contribution in [0.4, 0.5) is 5.69 Å². The molecule has 1 amide bonds. The summed E-state index contributed by atoms with van der Waals surface area (Å²) in [4.78, 5) is 13.7. The molecule has 1 unspecified atom stereocenters. The Bertz CT molecular complexity index is 1050. The molecule has 2 aromatic heterocycles. The maximum Gasteiger partial charge on any atom is 0.234 e. The van der Waals surface area contributed by atoms with Gasteiger partial charge in [0.1, 0.15) is 0 Å². The van der Waals surface area contributed by atoms with Crippen LogP contribution >= 0.6 is 50.6 Å². The molecular formula is C20H20BrClN4O2S2. The minimum atomic E-state index is -0.149. The molecular weight excluding hydrogens is 508 g/mol. The SMILES string of the molecule is Cc1cc(-c2nnc(SCC(=O)Nc3ccc(Br)cc3Cl)n2CC2CCCO2)cs1. The number of anilines is 1. The molecule has 1 N–H and O–H groups in total. The van der Waals surface area contributed by atoms with Gasteiger partial charge >= 0.3 is 0 Å². The quantitative estimate of drug-likeness (QED) is 0.403. The maximum atomic E-state index is 12.5. The lowest BCUT2D eigenvalue weighted by molar-refractivity contribution is -0.113. The molecule has 0 saturated carbocycles. The number of nitrogens with one attached hydrogen (secondary N) is 1. The first-order valence-corrected chi connectivity index (χ1v) is 12.5. The number of ether oxygens (including phenoxy) is 1. The summed E-state index contributed by atoms with van der Waals surface area (Å²) in [5.74, 6) is 0.871. The van der Waals surface area contributed by atoms with Crippen LogP contribution in [0.25, 0.3) is 11.4 Å². The lowest BCUT2D eigenvalue weighted by Crippen LogP contribution is -2.18. The number of nitrogens with zero attached hydrogens (tertiary/aromatic N) is 3. The minimum absolute atomic E-state index is 0.147. The van der Waals surface area contributed by atoms with Crippen molar-refractivity contribution in [3.63, 3.8) is 0 Å². The van der Waals surface area contributed by atoms with Gasteiger partial charge < -0.3 is 10.1 Å². The van der Waals surface area contributed by atoms with E-state index >= 15 is 0 Å². The molecule has 0 aliphatic carbocycles. The average Bonchev–Trinajstić information content (AvgIpc) is 3.45. The summed E-state index contributed by atoms with van der Waals surface area (Å²) in [6.45, 7) is 3.54. The number of aryl methyl sites for hydroxylation is 1. The maximum absolute atomic E-state index is 12.5. The third-order valence-corrected chi connectivity index (χ3v) is 7.29. The van der Waals surface area contributed by atoms with Crippen LogP contribution in [-0.2, 0) is 16.1 Å². The molecule has 0 spiro atoms. The largest absolute Gasteiger partial charge is 0.376 e. The number of thiophene rings is 1. The second-order valence-electron chi connectivity index (χ2n) is 6.96. The van der Waals surface area contributed by atoms with Crippen LogP contribution in [0, 0.1) is 6.92 Å². The Morgan fingerprint density at radius 2 is 2.30 bits per heavy atom. The Balaban J connectivity index is 1.48. The molecule has 3 aromatic rings. The number of thioether (sulfide) groups is 1. The first-order valence-electron chi connectivity index (χ1n) is 9.47. The van der Waals surface area contributed by atoms with Gasteiger partial charge in [-0.2, -0.15) is 0 Å². The van der Waals surface area contributed by atoms with Gasteiger partial charge in [-0.05, 0) is 44.0 Å². The molecule has 3 heterocycles. The molecule has 1 aliphatic rings. The van der Waals surface area contributed by atoms with Crippen molar-refractivity contribution in [3.05, 3.63) is 44.0 Å². The summed E-state index contributed by atoms with van der Waals surface area (Å²) in [5, 5.41) is 14.9. The molecule has 10 heteroatoms. The normalized spacial score (nSPS) is 16.2. The fraction of sp³-hybridized carbons (Fsp3) is 0.350. The van der Waals surface area contributed by atoms with E-state index in [2.05, 4.69) is 54.4 Å². The van der Waals surface area contributed by atoms with Crippen molar-refractivity contribution in [1.29, 1.82) is 0 Å². The van der Waals surface area contributed by atoms with Crippen LogP contribution in [0.2, 0.25) is 5.02 Å². The average molecular weight is 528 g/mol. The van der Waals surface area contributed by atoms with E-state index in [1.165, 1.54) is 16.6 Å². The molecule has 0 radical (unpaired) electrons. The Labute approximate surface area is 196 Å². The van der Waals surface area contributed by atoms with Crippen LogP contribution in [0.5, 0.6) is 0 Å². The van der Waals surface area contributed by atoms with Gasteiger partial charge in [0.2, 0.25) is 5.91 Å². The van der Waals surface area contributed by atoms with E-state index in [1.54, 1.807) is 23.5 Å². The van der Waals surface area contributed by atoms with Gasteiger partial charge in [-0.3, -0.25) is 9.36 Å². The Morgan fingerprint density at radius 3 is 3.00 bits per heavy atom. The molecule has 1 aliphatic heterocycles. The van der Waals surface area contributed by atoms with Crippen molar-refractivity contribution in [2.75, 3.05) is 17.7 Å². The third-order valence-electron chi connectivity index (χ3n) is 4.65. The summed E-state index contributed by atoms with van der Waals surface area (Å²) in [6.07, 6.45) is 2.24. The fourth-order valence-corrected chi connectivity index (χ4v) is 5.38. The topological polar surface area (TPSA) is 69.0 Å². The molecule has 4 rings (SSSR count). The van der Waals surface area contributed by atoms with Crippen molar-refractivity contribution < 1.29 is 9.53 Å². The van der Waals surface area contributed by atoms with Crippen LogP contribution in [-0.4, -0.2) is 39.1 Å². The zero-order valence-electron chi connectivity index (χ0n) is 16.2. The highest BCUT2D eigenvalue weighted by Gasteiger charge is 2.22. The lowest BCUT2D eigenvalue weighted by Gasteiger charge is -2.14. The van der Waals surface area contributed by atoms with Gasteiger partial charge in [-0.25, -0.2) is 0 Å². The fourth-order valence-electron chi connectivity index (χ4n) is 3.23. The highest BCUT2D eigenvalue weighted by Crippen LogP contribution is 2.30. The Morgan fingerprint density at radius 1 is 1.43 bits per heavy atom. The van der Waals surface area contributed by atoms with Crippen LogP contribution < -0.4 is 5.32 Å². The number of hydrogen-bond donors (Lipinski definition) is 1. The number of halogens is 2. The summed E-state index contributed by atoms with van der Waals surface area (Å²) in [6, 6.07) is 7.46. The van der Waals surface area contributed by atoms with Crippen molar-refractivity contribution in [3.8, 4) is 11.4 Å². The smallest absolute Gasteiger partial charge is 0.234 e. The van der Waals surface area contributed by atoms with E-state index in [0.717, 1.165) is 35.3 Å². The van der Waals surface area contributed by atoms with Crippen molar-refractivity contribution in [2.45, 2.75) is 37.6 Å². The second kappa shape index (κ2) is 9.82. The van der Waals surface area contributed by atoms with Crippen molar-refractivity contribution in [1.82, 2.24) is 14.8 Å². The van der Waals surface area contributed by atoms with Gasteiger partial charge in [-0.1, -0.05) is 39.3 Å². The highest BCUT2D eigenvalue weighted by molar-refractivity contribution is 9.10. The van der Waals surface area contributed by atoms with Gasteiger partial charge in [0, 0.05) is 26.9 Å². The minimum Gasteiger partial charge on any atom is -0.376 e. The third kappa shape index (κ3) is 5.26. The number of benzene rings is 1. The molecule has 0 bridgehead atoms. The number of aromatic nitrogens is 3. The first kappa shape index (κ1) is 21.8. The molecule has 1 aromatic carbocycles. The summed E-state index contributed by atoms with van der Waals surface area (Å²) < 4.78 is 8.75. The lowest BCUT2D eigenvalue weighted by atomic mass is 10.2. The van der Waals surface area contributed by atoms with Crippen molar-refractivity contribution in [2.24, 2.45) is 0 Å². The predicted octanol–water partition coefficient (Wildman–Crippen LogP) is 5.64. The van der Waals surface area contributed by atoms with E-state index in [-0.39, 0.29) is 17.8 Å². The summed E-state index contributed by atoms with van der Waals surface area (Å²) in [5.41, 5.74) is 1.63. The zero-order valence-corrected chi connectivity index (χ0v) is 20.2. The summed E-state index contributed by atoms with van der Waals surface area (Å²) >= 11 is 12.6. The van der Waals surface area contributed by atoms with E-state index in [0.29, 0.717) is 22.4 Å². The van der Waals surface area contributed by atoms with E-state index in [4.69, 9.17) is 16.3 Å². The standard InChI is InChI=1S/C20H20BrClN4O2S2/c1-12-7-13(10-29-12)19-24-25-20(26(19)9-15-3-2-6-28-15)30-11-18(27)23-17-5-4-14(21)8-16(17)22/h4-5,7-8,10,15H,2-3,6,9,11H2,1H3,(H,23,27). The molecule has 158 valence electrons. The summed E-state index contributed by atoms with van der Waals surface area (Å²) in [7, 11) is 0. The molecule has 1 fully saturated rings. The number of carbonyl (C=O) groups excluding carboxylic acids is 1. The highest BCUT2D eigenvalue weighted by atomic mass is 79.9. The van der Waals surface area contributed by atoms with Gasteiger partial charge in [0.05, 0.1) is 29.1 Å². The van der Waals surface area contributed by atoms with E-state index < -0.39 is 0 Å². The van der Waals surface area contributed by atoms with Gasteiger partial charge in [0.15, 0.2) is 11.0 Å².